The Balaban J connectivity index is 1.53. The number of rotatable bonds is 6. The molecule has 2 nitrogen and oxygen atoms in total. The average molecular weight is 469 g/mol. The van der Waals surface area contributed by atoms with Crippen LogP contribution in [0.5, 0.6) is 0 Å². The second-order valence-electron chi connectivity index (χ2n) is 7.35. The van der Waals surface area contributed by atoms with E-state index in [0.29, 0.717) is 0 Å². The molecule has 0 heterocycles. The second-order valence-corrected chi connectivity index (χ2v) is 9.76. The van der Waals surface area contributed by atoms with Crippen molar-refractivity contribution in [2.45, 2.75) is 13.8 Å². The average Bonchev–Trinajstić information content (AvgIpc) is 2.80. The van der Waals surface area contributed by atoms with E-state index in [-0.39, 0.29) is 26.5 Å². The molecular weight excluding hydrogens is 447 g/mol. The predicted molar refractivity (Wildman–Crippen MR) is 129 cm³/mol. The molecule has 0 aromatic heterocycles. The van der Waals surface area contributed by atoms with Gasteiger partial charge in [-0.05, 0) is 0 Å². The van der Waals surface area contributed by atoms with E-state index in [1.54, 1.807) is 13.8 Å². The normalized spacial score (nSPS) is 10.6. The standard InChI is InChI=1S/C28H22O2Se/c1-19(29)25-7-3-5-9-27(25)21-11-15-23(16-12-21)31-24-17-13-22(14-18-24)28-10-6-4-8-26(28)20(2)30/h3-18H,1-2H3. The van der Waals surface area contributed by atoms with E-state index in [0.717, 1.165) is 33.4 Å². The van der Waals surface area contributed by atoms with E-state index in [9.17, 15) is 9.59 Å². The molecule has 0 aliphatic carbocycles. The molecule has 0 saturated heterocycles. The summed E-state index contributed by atoms with van der Waals surface area (Å²) in [5.41, 5.74) is 5.57. The van der Waals surface area contributed by atoms with Gasteiger partial charge in [-0.3, -0.25) is 0 Å². The van der Waals surface area contributed by atoms with E-state index < -0.39 is 0 Å². The molecule has 0 aliphatic heterocycles. The van der Waals surface area contributed by atoms with Crippen molar-refractivity contribution in [1.29, 1.82) is 0 Å². The Labute approximate surface area is 189 Å². The van der Waals surface area contributed by atoms with Crippen LogP contribution in [0.2, 0.25) is 0 Å². The third-order valence-corrected chi connectivity index (χ3v) is 7.31. The van der Waals surface area contributed by atoms with Crippen molar-refractivity contribution < 1.29 is 9.59 Å². The van der Waals surface area contributed by atoms with Crippen molar-refractivity contribution >= 4 is 35.4 Å². The molecule has 31 heavy (non-hydrogen) atoms. The molecule has 4 rings (SSSR count). The molecule has 0 N–H and O–H groups in total. The second kappa shape index (κ2) is 9.26. The quantitative estimate of drug-likeness (QED) is 0.292. The first-order valence-corrected chi connectivity index (χ1v) is 11.8. The van der Waals surface area contributed by atoms with Crippen LogP contribution in [0.15, 0.2) is 97.1 Å². The Morgan fingerprint density at radius 3 is 1.23 bits per heavy atom. The molecule has 4 aromatic carbocycles. The monoisotopic (exact) mass is 470 g/mol. The van der Waals surface area contributed by atoms with Gasteiger partial charge < -0.3 is 0 Å². The molecule has 0 spiro atoms. The minimum absolute atomic E-state index is 0.0790. The van der Waals surface area contributed by atoms with E-state index in [2.05, 4.69) is 48.5 Å². The molecule has 0 radical (unpaired) electrons. The number of carbonyl (C=O) groups excluding carboxylic acids is 2. The van der Waals surface area contributed by atoms with Crippen LogP contribution in [0.1, 0.15) is 34.6 Å². The summed E-state index contributed by atoms with van der Waals surface area (Å²) in [5.74, 6) is 0.158. The molecule has 0 atom stereocenters. The molecule has 3 heteroatoms. The van der Waals surface area contributed by atoms with Gasteiger partial charge >= 0.3 is 189 Å². The summed E-state index contributed by atoms with van der Waals surface area (Å²) in [4.78, 5) is 23.8. The van der Waals surface area contributed by atoms with Gasteiger partial charge in [0.2, 0.25) is 0 Å². The number of benzene rings is 4. The van der Waals surface area contributed by atoms with Crippen LogP contribution >= 0.6 is 0 Å². The van der Waals surface area contributed by atoms with Crippen LogP contribution < -0.4 is 8.92 Å². The maximum absolute atomic E-state index is 11.9. The fourth-order valence-corrected chi connectivity index (χ4v) is 5.34. The van der Waals surface area contributed by atoms with Gasteiger partial charge in [-0.2, -0.15) is 0 Å². The molecule has 0 aliphatic rings. The summed E-state index contributed by atoms with van der Waals surface area (Å²) in [6.07, 6.45) is 0. The number of carbonyl (C=O) groups is 2. The van der Waals surface area contributed by atoms with Gasteiger partial charge in [0.05, 0.1) is 0 Å². The fourth-order valence-electron chi connectivity index (χ4n) is 3.62. The van der Waals surface area contributed by atoms with E-state index >= 15 is 0 Å². The Kier molecular flexibility index (Phi) is 6.27. The van der Waals surface area contributed by atoms with Crippen molar-refractivity contribution in [3.8, 4) is 22.3 Å². The van der Waals surface area contributed by atoms with Crippen LogP contribution in [0, 0.1) is 0 Å². The van der Waals surface area contributed by atoms with E-state index in [1.165, 1.54) is 8.92 Å². The van der Waals surface area contributed by atoms with Gasteiger partial charge in [-0.15, -0.1) is 0 Å². The van der Waals surface area contributed by atoms with E-state index in [1.807, 2.05) is 48.5 Å². The Morgan fingerprint density at radius 1 is 0.516 bits per heavy atom. The van der Waals surface area contributed by atoms with Crippen molar-refractivity contribution in [3.63, 3.8) is 0 Å². The van der Waals surface area contributed by atoms with Crippen LogP contribution in [-0.2, 0) is 0 Å². The van der Waals surface area contributed by atoms with Gasteiger partial charge in [0.25, 0.3) is 0 Å². The van der Waals surface area contributed by atoms with Crippen molar-refractivity contribution in [2.75, 3.05) is 0 Å². The minimum atomic E-state index is 0.0790. The summed E-state index contributed by atoms with van der Waals surface area (Å²) < 4.78 is 2.54. The molecule has 0 fully saturated rings. The van der Waals surface area contributed by atoms with Crippen molar-refractivity contribution in [1.82, 2.24) is 0 Å². The topological polar surface area (TPSA) is 34.1 Å². The first-order chi connectivity index (χ1) is 15.0. The van der Waals surface area contributed by atoms with Crippen LogP contribution in [-0.4, -0.2) is 26.5 Å². The maximum atomic E-state index is 11.9. The molecule has 0 saturated carbocycles. The SMILES string of the molecule is CC(=O)c1ccccc1-c1ccc([Se]c2ccc(-c3ccccc3C(C)=O)cc2)cc1. The van der Waals surface area contributed by atoms with Crippen LogP contribution in [0.4, 0.5) is 0 Å². The number of Topliss-reactive ketones (excluding diaryl/α,β-unsaturated/α-hetero) is 2. The summed E-state index contributed by atoms with van der Waals surface area (Å²) >= 11 is 0.178. The molecular formula is C28H22O2Se. The first-order valence-electron chi connectivity index (χ1n) is 10.1. The van der Waals surface area contributed by atoms with Gasteiger partial charge in [-0.25, -0.2) is 0 Å². The summed E-state index contributed by atoms with van der Waals surface area (Å²) in [7, 11) is 0. The third-order valence-electron chi connectivity index (χ3n) is 5.18. The van der Waals surface area contributed by atoms with Gasteiger partial charge in [0.1, 0.15) is 0 Å². The van der Waals surface area contributed by atoms with Crippen LogP contribution in [0.3, 0.4) is 0 Å². The van der Waals surface area contributed by atoms with Crippen molar-refractivity contribution in [3.05, 3.63) is 108 Å². The molecule has 0 unspecified atom stereocenters. The number of hydrogen-bond acceptors (Lipinski definition) is 2. The number of hydrogen-bond donors (Lipinski definition) is 0. The molecule has 0 amide bonds. The van der Waals surface area contributed by atoms with Crippen molar-refractivity contribution in [2.24, 2.45) is 0 Å². The zero-order valence-corrected chi connectivity index (χ0v) is 19.2. The fraction of sp³-hybridized carbons (Fsp3) is 0.0714. The Morgan fingerprint density at radius 2 is 0.871 bits per heavy atom. The number of ketones is 2. The summed E-state index contributed by atoms with van der Waals surface area (Å²) in [6.45, 7) is 3.21. The van der Waals surface area contributed by atoms with Crippen LogP contribution in [0.25, 0.3) is 22.3 Å². The third kappa shape index (κ3) is 4.74. The molecule has 4 aromatic rings. The van der Waals surface area contributed by atoms with E-state index in [4.69, 9.17) is 0 Å². The summed E-state index contributed by atoms with van der Waals surface area (Å²) in [5, 5.41) is 0. The first kappa shape index (κ1) is 21.0. The van der Waals surface area contributed by atoms with Gasteiger partial charge in [-0.1, -0.05) is 0 Å². The van der Waals surface area contributed by atoms with Gasteiger partial charge in [0.15, 0.2) is 0 Å². The Hall–Kier alpha value is -3.26. The van der Waals surface area contributed by atoms with Gasteiger partial charge in [0, 0.05) is 0 Å². The Bertz CT molecular complexity index is 1140. The zero-order chi connectivity index (χ0) is 21.8. The summed E-state index contributed by atoms with van der Waals surface area (Å²) in [6, 6.07) is 32.4. The predicted octanol–water partition coefficient (Wildman–Crippen LogP) is 5.08. The molecule has 152 valence electrons. The zero-order valence-electron chi connectivity index (χ0n) is 17.5. The molecule has 0 bridgehead atoms.